The van der Waals surface area contributed by atoms with Crippen molar-refractivity contribution in [2.24, 2.45) is 17.8 Å². The lowest BCUT2D eigenvalue weighted by molar-refractivity contribution is -0.0790. The second-order valence-corrected chi connectivity index (χ2v) is 10.6. The number of rotatable bonds is 7. The molecule has 0 bridgehead atoms. The second kappa shape index (κ2) is 11.8. The van der Waals surface area contributed by atoms with Gasteiger partial charge in [-0.25, -0.2) is 18.7 Å². The van der Waals surface area contributed by atoms with Gasteiger partial charge in [-0.15, -0.1) is 0 Å². The minimum atomic E-state index is -4.65. The molecule has 0 unspecified atom stereocenters. The summed E-state index contributed by atoms with van der Waals surface area (Å²) in [5, 5.41) is 0. The van der Waals surface area contributed by atoms with Crippen LogP contribution in [0.3, 0.4) is 0 Å². The quantitative estimate of drug-likeness (QED) is 0.350. The Morgan fingerprint density at radius 2 is 1.42 bits per heavy atom. The summed E-state index contributed by atoms with van der Waals surface area (Å²) >= 11 is 0. The molecule has 2 saturated carbocycles. The van der Waals surface area contributed by atoms with Crippen LogP contribution in [0, 0.1) is 29.4 Å². The topological polar surface area (TPSA) is 25.8 Å². The molecule has 2 fully saturated rings. The van der Waals surface area contributed by atoms with E-state index in [1.807, 2.05) is 0 Å². The zero-order valence-electron chi connectivity index (χ0n) is 20.8. The first-order valence-corrected chi connectivity index (χ1v) is 13.3. The first-order chi connectivity index (χ1) is 17.2. The molecule has 7 heteroatoms. The van der Waals surface area contributed by atoms with Gasteiger partial charge in [-0.1, -0.05) is 39.0 Å². The van der Waals surface area contributed by atoms with Crippen LogP contribution in [0.4, 0.5) is 22.0 Å². The van der Waals surface area contributed by atoms with Crippen molar-refractivity contribution in [3.8, 4) is 11.4 Å². The van der Waals surface area contributed by atoms with E-state index in [-0.39, 0.29) is 17.5 Å². The van der Waals surface area contributed by atoms with E-state index in [9.17, 15) is 22.0 Å². The third kappa shape index (κ3) is 6.92. The van der Waals surface area contributed by atoms with E-state index < -0.39 is 23.4 Å². The Morgan fingerprint density at radius 1 is 0.861 bits per heavy atom. The van der Waals surface area contributed by atoms with Crippen LogP contribution in [0.2, 0.25) is 0 Å². The molecule has 0 radical (unpaired) electrons. The Labute approximate surface area is 210 Å². The summed E-state index contributed by atoms with van der Waals surface area (Å²) in [6, 6.07) is 1.94. The first kappa shape index (κ1) is 26.7. The lowest BCUT2D eigenvalue weighted by Gasteiger charge is -2.38. The minimum absolute atomic E-state index is 0.0963. The van der Waals surface area contributed by atoms with Crippen LogP contribution in [0.5, 0.6) is 0 Å². The highest BCUT2D eigenvalue weighted by Gasteiger charge is 2.31. The molecule has 0 saturated heterocycles. The molecule has 2 aliphatic rings. The van der Waals surface area contributed by atoms with Gasteiger partial charge in [0.2, 0.25) is 0 Å². The SMILES string of the molecule is CCCCC1CCC(C2CCC(c3cnc(-c4cc(F)c(/C=C/C(F)(F)F)c(F)c4)nc3)CC2)CC1. The maximum absolute atomic E-state index is 14.3. The highest BCUT2D eigenvalue weighted by molar-refractivity contribution is 5.61. The molecule has 2 aliphatic carbocycles. The molecule has 0 atom stereocenters. The molecule has 0 aliphatic heterocycles. The first-order valence-electron chi connectivity index (χ1n) is 13.3. The van der Waals surface area contributed by atoms with Crippen LogP contribution in [-0.4, -0.2) is 16.1 Å². The summed E-state index contributed by atoms with van der Waals surface area (Å²) in [5.41, 5.74) is 0.393. The predicted octanol–water partition coefficient (Wildman–Crippen LogP) is 9.27. The molecule has 196 valence electrons. The van der Waals surface area contributed by atoms with Crippen molar-refractivity contribution >= 4 is 6.08 Å². The molecule has 2 nitrogen and oxygen atoms in total. The molecule has 1 aromatic heterocycles. The zero-order valence-corrected chi connectivity index (χ0v) is 20.8. The minimum Gasteiger partial charge on any atom is -0.236 e. The van der Waals surface area contributed by atoms with Gasteiger partial charge in [-0.05, 0) is 86.0 Å². The highest BCUT2D eigenvalue weighted by Crippen LogP contribution is 2.44. The van der Waals surface area contributed by atoms with E-state index in [0.717, 1.165) is 48.3 Å². The normalized spacial score (nSPS) is 25.4. The van der Waals surface area contributed by atoms with Crippen LogP contribution >= 0.6 is 0 Å². The number of unbranched alkanes of at least 4 members (excludes halogenated alkanes) is 1. The monoisotopic (exact) mass is 506 g/mol. The van der Waals surface area contributed by atoms with Crippen LogP contribution in [0.1, 0.15) is 94.6 Å². The van der Waals surface area contributed by atoms with Crippen LogP contribution in [-0.2, 0) is 0 Å². The summed E-state index contributed by atoms with van der Waals surface area (Å²) in [6.07, 6.45) is 13.2. The number of benzene rings is 1. The lowest BCUT2D eigenvalue weighted by Crippen LogP contribution is -2.25. The van der Waals surface area contributed by atoms with Crippen molar-refractivity contribution in [2.75, 3.05) is 0 Å². The lowest BCUT2D eigenvalue weighted by atomic mass is 9.68. The van der Waals surface area contributed by atoms with Gasteiger partial charge in [-0.2, -0.15) is 13.2 Å². The number of hydrogen-bond acceptors (Lipinski definition) is 2. The van der Waals surface area contributed by atoms with Gasteiger partial charge < -0.3 is 0 Å². The van der Waals surface area contributed by atoms with Crippen LogP contribution < -0.4 is 0 Å². The average molecular weight is 507 g/mol. The summed E-state index contributed by atoms with van der Waals surface area (Å²) in [4.78, 5) is 8.64. The number of hydrogen-bond donors (Lipinski definition) is 0. The van der Waals surface area contributed by atoms with Crippen molar-refractivity contribution in [3.63, 3.8) is 0 Å². The van der Waals surface area contributed by atoms with Crippen molar-refractivity contribution in [3.05, 3.63) is 53.4 Å². The smallest absolute Gasteiger partial charge is 0.236 e. The molecule has 36 heavy (non-hydrogen) atoms. The van der Waals surface area contributed by atoms with E-state index in [4.69, 9.17) is 0 Å². The molecule has 0 spiro atoms. The standard InChI is InChI=1S/C29H35F5N2/c1-2-3-4-19-5-7-20(8-6-19)21-9-11-22(12-10-21)24-17-35-28(36-18-24)23-15-26(30)25(27(31)16-23)13-14-29(32,33)34/h13-22H,2-12H2,1H3/b14-13+. The predicted molar refractivity (Wildman–Crippen MR) is 132 cm³/mol. The third-order valence-corrected chi connectivity index (χ3v) is 8.22. The Hall–Kier alpha value is -2.31. The van der Waals surface area contributed by atoms with Gasteiger partial charge in [-0.3, -0.25) is 0 Å². The molecular weight excluding hydrogens is 471 g/mol. The third-order valence-electron chi connectivity index (χ3n) is 8.22. The van der Waals surface area contributed by atoms with Crippen LogP contribution in [0.25, 0.3) is 17.5 Å². The Balaban J connectivity index is 1.33. The molecule has 2 aromatic rings. The average Bonchev–Trinajstić information content (AvgIpc) is 2.87. The van der Waals surface area contributed by atoms with Crippen molar-refractivity contribution in [2.45, 2.75) is 89.6 Å². The van der Waals surface area contributed by atoms with Gasteiger partial charge in [0.1, 0.15) is 11.6 Å². The molecular formula is C29H35F5N2. The summed E-state index contributed by atoms with van der Waals surface area (Å²) in [5.74, 6) is 0.969. The van der Waals surface area contributed by atoms with Gasteiger partial charge in [0.05, 0.1) is 0 Å². The Bertz CT molecular complexity index is 992. The zero-order chi connectivity index (χ0) is 25.7. The number of aromatic nitrogens is 2. The molecule has 4 rings (SSSR count). The molecule has 0 N–H and O–H groups in total. The number of halogens is 5. The van der Waals surface area contributed by atoms with E-state index in [0.29, 0.717) is 12.0 Å². The Morgan fingerprint density at radius 3 is 1.94 bits per heavy atom. The highest BCUT2D eigenvalue weighted by atomic mass is 19.4. The van der Waals surface area contributed by atoms with Gasteiger partial charge in [0.25, 0.3) is 0 Å². The van der Waals surface area contributed by atoms with E-state index in [1.165, 1.54) is 57.8 Å². The van der Waals surface area contributed by atoms with Gasteiger partial charge >= 0.3 is 6.18 Å². The molecule has 1 heterocycles. The maximum atomic E-state index is 14.3. The van der Waals surface area contributed by atoms with Crippen molar-refractivity contribution in [1.29, 1.82) is 0 Å². The van der Waals surface area contributed by atoms with Gasteiger partial charge in [0.15, 0.2) is 5.82 Å². The fourth-order valence-corrected chi connectivity index (χ4v) is 6.11. The summed E-state index contributed by atoms with van der Waals surface area (Å²) in [6.45, 7) is 2.27. The fourth-order valence-electron chi connectivity index (χ4n) is 6.11. The van der Waals surface area contributed by atoms with E-state index in [1.54, 1.807) is 12.4 Å². The second-order valence-electron chi connectivity index (χ2n) is 10.6. The number of allylic oxidation sites excluding steroid dienone is 1. The van der Waals surface area contributed by atoms with E-state index >= 15 is 0 Å². The van der Waals surface area contributed by atoms with E-state index in [2.05, 4.69) is 16.9 Å². The molecule has 1 aromatic carbocycles. The molecule has 0 amide bonds. The summed E-state index contributed by atoms with van der Waals surface area (Å²) in [7, 11) is 0. The fraction of sp³-hybridized carbons (Fsp3) is 0.586. The number of nitrogens with zero attached hydrogens (tertiary/aromatic N) is 2. The maximum Gasteiger partial charge on any atom is 0.409 e. The largest absolute Gasteiger partial charge is 0.409 e. The Kier molecular flexibility index (Phi) is 8.78. The van der Waals surface area contributed by atoms with Gasteiger partial charge in [0, 0.05) is 29.6 Å². The van der Waals surface area contributed by atoms with Crippen molar-refractivity contribution < 1.29 is 22.0 Å². The number of alkyl halides is 3. The van der Waals surface area contributed by atoms with Crippen molar-refractivity contribution in [1.82, 2.24) is 9.97 Å². The van der Waals surface area contributed by atoms with Crippen LogP contribution in [0.15, 0.2) is 30.6 Å². The summed E-state index contributed by atoms with van der Waals surface area (Å²) < 4.78 is 65.7.